The van der Waals surface area contributed by atoms with Crippen LogP contribution in [-0.4, -0.2) is 59.5 Å². The smallest absolute Gasteiger partial charge is 0.310 e. The molecule has 1 N–H and O–H groups in total. The minimum absolute atomic E-state index is 0.259. The maximum absolute atomic E-state index is 11.8. The lowest BCUT2D eigenvalue weighted by Gasteiger charge is -2.40. The Kier molecular flexibility index (Phi) is 4.20. The molecule has 0 aromatic rings. The van der Waals surface area contributed by atoms with E-state index in [1.807, 2.05) is 4.90 Å². The van der Waals surface area contributed by atoms with Crippen molar-refractivity contribution in [2.45, 2.75) is 44.9 Å². The SMILES string of the molecule is O=C1CCCN1CCN1CCCC(CC2CC2)(C(=O)O)C1. The Balaban J connectivity index is 1.56. The highest BCUT2D eigenvalue weighted by Gasteiger charge is 2.45. The molecule has 1 saturated carbocycles. The average Bonchev–Trinajstić information content (AvgIpc) is 3.17. The molecule has 2 heterocycles. The summed E-state index contributed by atoms with van der Waals surface area (Å²) < 4.78 is 0. The molecule has 0 spiro atoms. The van der Waals surface area contributed by atoms with Crippen molar-refractivity contribution in [1.29, 1.82) is 0 Å². The second-order valence-electron chi connectivity index (χ2n) is 7.10. The van der Waals surface area contributed by atoms with Crippen molar-refractivity contribution in [3.63, 3.8) is 0 Å². The van der Waals surface area contributed by atoms with E-state index in [9.17, 15) is 14.7 Å². The summed E-state index contributed by atoms with van der Waals surface area (Å²) in [6.45, 7) is 4.10. The van der Waals surface area contributed by atoms with Crippen LogP contribution >= 0.6 is 0 Å². The zero-order valence-electron chi connectivity index (χ0n) is 12.7. The number of amides is 1. The third kappa shape index (κ3) is 3.39. The average molecular weight is 294 g/mol. The first kappa shape index (κ1) is 14.8. The molecule has 2 aliphatic heterocycles. The molecular formula is C16H26N2O3. The van der Waals surface area contributed by atoms with Crippen LogP contribution in [0.3, 0.4) is 0 Å². The molecule has 1 aliphatic carbocycles. The lowest BCUT2D eigenvalue weighted by Crippen LogP contribution is -2.50. The van der Waals surface area contributed by atoms with Crippen LogP contribution in [0.1, 0.15) is 44.9 Å². The number of carboxylic acids is 1. The van der Waals surface area contributed by atoms with E-state index in [-0.39, 0.29) is 5.91 Å². The number of likely N-dealkylation sites (tertiary alicyclic amines) is 2. The van der Waals surface area contributed by atoms with E-state index in [1.165, 1.54) is 12.8 Å². The van der Waals surface area contributed by atoms with E-state index in [2.05, 4.69) is 4.90 Å². The van der Waals surface area contributed by atoms with Crippen molar-refractivity contribution in [3.05, 3.63) is 0 Å². The molecule has 0 aromatic carbocycles. The molecule has 5 nitrogen and oxygen atoms in total. The van der Waals surface area contributed by atoms with Gasteiger partial charge in [0.1, 0.15) is 0 Å². The van der Waals surface area contributed by atoms with Crippen LogP contribution in [0.4, 0.5) is 0 Å². The zero-order valence-corrected chi connectivity index (χ0v) is 12.7. The molecule has 0 bridgehead atoms. The Bertz CT molecular complexity index is 422. The monoisotopic (exact) mass is 294 g/mol. The quantitative estimate of drug-likeness (QED) is 0.808. The predicted octanol–water partition coefficient (Wildman–Crippen LogP) is 1.58. The van der Waals surface area contributed by atoms with Crippen molar-refractivity contribution in [1.82, 2.24) is 9.80 Å². The number of nitrogens with zero attached hydrogens (tertiary/aromatic N) is 2. The zero-order chi connectivity index (χ0) is 14.9. The van der Waals surface area contributed by atoms with E-state index >= 15 is 0 Å². The number of piperidine rings is 1. The Hall–Kier alpha value is -1.10. The molecule has 3 fully saturated rings. The topological polar surface area (TPSA) is 60.9 Å². The first-order valence-corrected chi connectivity index (χ1v) is 8.33. The largest absolute Gasteiger partial charge is 0.481 e. The van der Waals surface area contributed by atoms with Crippen LogP contribution in [-0.2, 0) is 9.59 Å². The van der Waals surface area contributed by atoms with Crippen LogP contribution in [0.15, 0.2) is 0 Å². The number of hydrogen-bond acceptors (Lipinski definition) is 3. The fourth-order valence-corrected chi connectivity index (χ4v) is 3.92. The fraction of sp³-hybridized carbons (Fsp3) is 0.875. The number of rotatable bonds is 6. The van der Waals surface area contributed by atoms with Gasteiger partial charge in [-0.05, 0) is 38.1 Å². The van der Waals surface area contributed by atoms with Crippen molar-refractivity contribution in [3.8, 4) is 0 Å². The molecule has 0 radical (unpaired) electrons. The highest BCUT2D eigenvalue weighted by molar-refractivity contribution is 5.78. The van der Waals surface area contributed by atoms with Gasteiger partial charge in [-0.25, -0.2) is 0 Å². The molecule has 3 aliphatic rings. The lowest BCUT2D eigenvalue weighted by atomic mass is 9.75. The van der Waals surface area contributed by atoms with Gasteiger partial charge in [0.2, 0.25) is 5.91 Å². The van der Waals surface area contributed by atoms with Gasteiger partial charge < -0.3 is 14.9 Å². The van der Waals surface area contributed by atoms with E-state index < -0.39 is 11.4 Å². The molecule has 1 unspecified atom stereocenters. The highest BCUT2D eigenvalue weighted by Crippen LogP contribution is 2.44. The van der Waals surface area contributed by atoms with Crippen molar-refractivity contribution in [2.75, 3.05) is 32.7 Å². The molecular weight excluding hydrogens is 268 g/mol. The van der Waals surface area contributed by atoms with Gasteiger partial charge in [0.15, 0.2) is 0 Å². The molecule has 118 valence electrons. The van der Waals surface area contributed by atoms with Crippen LogP contribution < -0.4 is 0 Å². The molecule has 21 heavy (non-hydrogen) atoms. The Morgan fingerprint density at radius 1 is 1.24 bits per heavy atom. The molecule has 1 atom stereocenters. The van der Waals surface area contributed by atoms with Crippen LogP contribution in [0.5, 0.6) is 0 Å². The van der Waals surface area contributed by atoms with Crippen LogP contribution in [0, 0.1) is 11.3 Å². The molecule has 1 amide bonds. The Morgan fingerprint density at radius 3 is 2.67 bits per heavy atom. The molecule has 3 rings (SSSR count). The first-order valence-electron chi connectivity index (χ1n) is 8.33. The number of carboxylic acid groups (broad SMARTS) is 1. The summed E-state index contributed by atoms with van der Waals surface area (Å²) in [6.07, 6.45) is 6.70. The number of carbonyl (C=O) groups excluding carboxylic acids is 1. The van der Waals surface area contributed by atoms with Crippen molar-refractivity contribution < 1.29 is 14.7 Å². The van der Waals surface area contributed by atoms with Gasteiger partial charge in [-0.3, -0.25) is 9.59 Å². The van der Waals surface area contributed by atoms with Crippen molar-refractivity contribution >= 4 is 11.9 Å². The van der Waals surface area contributed by atoms with Crippen LogP contribution in [0.2, 0.25) is 0 Å². The third-order valence-corrected chi connectivity index (χ3v) is 5.34. The molecule has 2 saturated heterocycles. The van der Waals surface area contributed by atoms with Gasteiger partial charge in [0.25, 0.3) is 0 Å². The standard InChI is InChI=1S/C16H26N2O3/c19-14-3-1-8-18(14)10-9-17-7-2-6-16(12-17,15(20)21)11-13-4-5-13/h13H,1-12H2,(H,20,21). The van der Waals surface area contributed by atoms with Crippen LogP contribution in [0.25, 0.3) is 0 Å². The molecule has 0 aromatic heterocycles. The maximum atomic E-state index is 11.8. The summed E-state index contributed by atoms with van der Waals surface area (Å²) in [4.78, 5) is 27.7. The third-order valence-electron chi connectivity index (χ3n) is 5.34. The first-order chi connectivity index (χ1) is 10.1. The minimum Gasteiger partial charge on any atom is -0.481 e. The Labute approximate surface area is 126 Å². The van der Waals surface area contributed by atoms with Crippen molar-refractivity contribution in [2.24, 2.45) is 11.3 Å². The summed E-state index contributed by atoms with van der Waals surface area (Å²) >= 11 is 0. The predicted molar refractivity (Wildman–Crippen MR) is 78.9 cm³/mol. The highest BCUT2D eigenvalue weighted by atomic mass is 16.4. The van der Waals surface area contributed by atoms with Gasteiger partial charge in [-0.1, -0.05) is 12.8 Å². The minimum atomic E-state index is -0.614. The van der Waals surface area contributed by atoms with Gasteiger partial charge in [0, 0.05) is 32.6 Å². The van der Waals surface area contributed by atoms with E-state index in [0.29, 0.717) is 18.9 Å². The second-order valence-corrected chi connectivity index (χ2v) is 7.10. The summed E-state index contributed by atoms with van der Waals surface area (Å²) in [5, 5.41) is 9.71. The summed E-state index contributed by atoms with van der Waals surface area (Å²) in [7, 11) is 0. The number of aliphatic carboxylic acids is 1. The fourth-order valence-electron chi connectivity index (χ4n) is 3.92. The van der Waals surface area contributed by atoms with Gasteiger partial charge >= 0.3 is 5.97 Å². The van der Waals surface area contributed by atoms with E-state index in [0.717, 1.165) is 51.9 Å². The second kappa shape index (κ2) is 5.95. The van der Waals surface area contributed by atoms with Gasteiger partial charge in [-0.15, -0.1) is 0 Å². The maximum Gasteiger partial charge on any atom is 0.310 e. The lowest BCUT2D eigenvalue weighted by molar-refractivity contribution is -0.153. The summed E-state index contributed by atoms with van der Waals surface area (Å²) in [6, 6.07) is 0. The summed E-state index contributed by atoms with van der Waals surface area (Å²) in [5.41, 5.74) is -0.533. The van der Waals surface area contributed by atoms with E-state index in [4.69, 9.17) is 0 Å². The number of carbonyl (C=O) groups is 2. The van der Waals surface area contributed by atoms with E-state index in [1.54, 1.807) is 0 Å². The molecule has 5 heteroatoms. The normalized spacial score (nSPS) is 30.9. The van der Waals surface area contributed by atoms with Gasteiger partial charge in [0.05, 0.1) is 5.41 Å². The Morgan fingerprint density at radius 2 is 2.05 bits per heavy atom. The number of hydrogen-bond donors (Lipinski definition) is 1. The summed E-state index contributed by atoms with van der Waals surface area (Å²) in [5.74, 6) is 0.284. The van der Waals surface area contributed by atoms with Gasteiger partial charge in [-0.2, -0.15) is 0 Å².